The number of carbonyl (C=O) groups excluding carboxylic acids is 2. The Balaban J connectivity index is 1.98. The van der Waals surface area contributed by atoms with Crippen molar-refractivity contribution >= 4 is 11.8 Å². The monoisotopic (exact) mass is 282 g/mol. The highest BCUT2D eigenvalue weighted by Crippen LogP contribution is 2.33. The van der Waals surface area contributed by atoms with Crippen LogP contribution in [0.25, 0.3) is 0 Å². The van der Waals surface area contributed by atoms with Crippen LogP contribution in [0.5, 0.6) is 0 Å². The van der Waals surface area contributed by atoms with Gasteiger partial charge in [0, 0.05) is 18.7 Å². The number of fused-ring (bicyclic) bond motifs is 1. The summed E-state index contributed by atoms with van der Waals surface area (Å²) >= 11 is 0. The highest BCUT2D eigenvalue weighted by atomic mass is 16.2. The zero-order chi connectivity index (χ0) is 15.0. The molecule has 0 N–H and O–H groups in total. The molecule has 2 fully saturated rings. The summed E-state index contributed by atoms with van der Waals surface area (Å²) in [4.78, 5) is 25.1. The number of hydrazine groups is 1. The largest absolute Gasteiger partial charge is 0.272 e. The average Bonchev–Trinajstić information content (AvgIpc) is 2.73. The number of aryl methyl sites for hydroxylation is 1. The second-order valence-electron chi connectivity index (χ2n) is 5.51. The molecule has 0 radical (unpaired) electrons. The van der Waals surface area contributed by atoms with Crippen LogP contribution in [0.3, 0.4) is 0 Å². The topological polar surface area (TPSA) is 40.6 Å². The first-order valence-electron chi connectivity index (χ1n) is 7.29. The highest BCUT2D eigenvalue weighted by molar-refractivity contribution is 6.10. The zero-order valence-corrected chi connectivity index (χ0v) is 12.3. The lowest BCUT2D eigenvalue weighted by Gasteiger charge is -2.31. The van der Waals surface area contributed by atoms with E-state index in [1.165, 1.54) is 0 Å². The first-order valence-corrected chi connectivity index (χ1v) is 7.29. The maximum absolute atomic E-state index is 12.5. The Bertz CT molecular complexity index is 645. The van der Waals surface area contributed by atoms with Gasteiger partial charge in [0.15, 0.2) is 0 Å². The molecule has 2 saturated heterocycles. The van der Waals surface area contributed by atoms with Crippen molar-refractivity contribution < 1.29 is 9.59 Å². The molecule has 0 spiro atoms. The standard InChI is InChI=1S/C17H18N2O2/c1-3-6-13-7-8-14(12(2)11-13)15-16(20)18-9-4-5-10-19(18)17(15)21/h7-8,11,15H,4-5,9-10H2,1-2H3. The van der Waals surface area contributed by atoms with Crippen molar-refractivity contribution in [2.24, 2.45) is 0 Å². The molecule has 0 bridgehead atoms. The van der Waals surface area contributed by atoms with Gasteiger partial charge in [-0.15, -0.1) is 5.92 Å². The lowest BCUT2D eigenvalue weighted by molar-refractivity contribution is -0.150. The van der Waals surface area contributed by atoms with Crippen LogP contribution in [-0.2, 0) is 9.59 Å². The predicted molar refractivity (Wildman–Crippen MR) is 79.1 cm³/mol. The quantitative estimate of drug-likeness (QED) is 0.582. The second kappa shape index (κ2) is 5.25. The lowest BCUT2D eigenvalue weighted by atomic mass is 9.93. The molecule has 1 aromatic rings. The Kier molecular flexibility index (Phi) is 3.42. The van der Waals surface area contributed by atoms with Gasteiger partial charge in [0.1, 0.15) is 5.92 Å². The van der Waals surface area contributed by atoms with Crippen LogP contribution >= 0.6 is 0 Å². The Morgan fingerprint density at radius 3 is 2.24 bits per heavy atom. The molecule has 0 atom stereocenters. The van der Waals surface area contributed by atoms with Crippen molar-refractivity contribution in [3.8, 4) is 11.8 Å². The van der Waals surface area contributed by atoms with Gasteiger partial charge in [0.25, 0.3) is 11.8 Å². The van der Waals surface area contributed by atoms with Crippen LogP contribution in [-0.4, -0.2) is 34.9 Å². The molecule has 4 nitrogen and oxygen atoms in total. The molecular weight excluding hydrogens is 264 g/mol. The van der Waals surface area contributed by atoms with E-state index in [9.17, 15) is 9.59 Å². The zero-order valence-electron chi connectivity index (χ0n) is 12.3. The van der Waals surface area contributed by atoms with E-state index in [0.717, 1.165) is 29.5 Å². The Hall–Kier alpha value is -2.28. The van der Waals surface area contributed by atoms with Gasteiger partial charge in [-0.05, 0) is 49.9 Å². The summed E-state index contributed by atoms with van der Waals surface area (Å²) in [5, 5.41) is 3.24. The van der Waals surface area contributed by atoms with E-state index >= 15 is 0 Å². The summed E-state index contributed by atoms with van der Waals surface area (Å²) in [6.07, 6.45) is 1.93. The van der Waals surface area contributed by atoms with Crippen LogP contribution in [0.15, 0.2) is 18.2 Å². The molecule has 21 heavy (non-hydrogen) atoms. The number of amides is 2. The SMILES string of the molecule is CC#Cc1ccc(C2C(=O)N3CCCCN3C2=O)c(C)c1. The maximum atomic E-state index is 12.5. The summed E-state index contributed by atoms with van der Waals surface area (Å²) in [6, 6.07) is 5.69. The molecule has 4 heteroatoms. The van der Waals surface area contributed by atoms with Crippen LogP contribution in [0.1, 0.15) is 42.4 Å². The van der Waals surface area contributed by atoms with E-state index in [1.807, 2.05) is 25.1 Å². The van der Waals surface area contributed by atoms with Gasteiger partial charge in [-0.3, -0.25) is 19.6 Å². The van der Waals surface area contributed by atoms with Gasteiger partial charge in [-0.25, -0.2) is 0 Å². The maximum Gasteiger partial charge on any atom is 0.258 e. The fourth-order valence-electron chi connectivity index (χ4n) is 3.11. The second-order valence-corrected chi connectivity index (χ2v) is 5.51. The van der Waals surface area contributed by atoms with Gasteiger partial charge >= 0.3 is 0 Å². The van der Waals surface area contributed by atoms with E-state index in [4.69, 9.17) is 0 Å². The van der Waals surface area contributed by atoms with Crippen LogP contribution in [0, 0.1) is 18.8 Å². The molecule has 108 valence electrons. The van der Waals surface area contributed by atoms with Crippen LogP contribution in [0.4, 0.5) is 0 Å². The first kappa shape index (κ1) is 13.7. The van der Waals surface area contributed by atoms with E-state index in [-0.39, 0.29) is 11.8 Å². The van der Waals surface area contributed by atoms with E-state index in [0.29, 0.717) is 13.1 Å². The lowest BCUT2D eigenvalue weighted by Crippen LogP contribution is -2.45. The van der Waals surface area contributed by atoms with Crippen molar-refractivity contribution in [3.05, 3.63) is 34.9 Å². The third-order valence-corrected chi connectivity index (χ3v) is 4.13. The third-order valence-electron chi connectivity index (χ3n) is 4.13. The Morgan fingerprint density at radius 1 is 1.10 bits per heavy atom. The third kappa shape index (κ3) is 2.19. The summed E-state index contributed by atoms with van der Waals surface area (Å²) in [7, 11) is 0. The van der Waals surface area contributed by atoms with Crippen molar-refractivity contribution in [2.75, 3.05) is 13.1 Å². The number of nitrogens with zero attached hydrogens (tertiary/aromatic N) is 2. The fraction of sp³-hybridized carbons (Fsp3) is 0.412. The molecule has 0 aromatic heterocycles. The summed E-state index contributed by atoms with van der Waals surface area (Å²) in [6.45, 7) is 5.03. The van der Waals surface area contributed by atoms with Crippen molar-refractivity contribution in [2.45, 2.75) is 32.6 Å². The van der Waals surface area contributed by atoms with E-state index in [1.54, 1.807) is 16.9 Å². The van der Waals surface area contributed by atoms with Crippen molar-refractivity contribution in [1.29, 1.82) is 0 Å². The van der Waals surface area contributed by atoms with Gasteiger partial charge in [0.2, 0.25) is 0 Å². The summed E-state index contributed by atoms with van der Waals surface area (Å²) in [5.74, 6) is 5.01. The molecule has 0 unspecified atom stereocenters. The molecule has 2 aliphatic rings. The molecule has 2 heterocycles. The summed E-state index contributed by atoms with van der Waals surface area (Å²) < 4.78 is 0. The molecule has 0 saturated carbocycles. The number of benzene rings is 1. The first-order chi connectivity index (χ1) is 10.1. The molecule has 1 aromatic carbocycles. The van der Waals surface area contributed by atoms with Crippen LogP contribution < -0.4 is 0 Å². The average molecular weight is 282 g/mol. The van der Waals surface area contributed by atoms with Gasteiger partial charge in [-0.1, -0.05) is 12.0 Å². The van der Waals surface area contributed by atoms with Gasteiger partial charge in [0.05, 0.1) is 0 Å². The normalized spacial score (nSPS) is 18.6. The van der Waals surface area contributed by atoms with Crippen LogP contribution in [0.2, 0.25) is 0 Å². The minimum atomic E-state index is -0.674. The number of hydrogen-bond donors (Lipinski definition) is 0. The number of hydrogen-bond acceptors (Lipinski definition) is 2. The predicted octanol–water partition coefficient (Wildman–Crippen LogP) is 1.83. The van der Waals surface area contributed by atoms with Crippen molar-refractivity contribution in [3.63, 3.8) is 0 Å². The molecule has 3 rings (SSSR count). The Labute approximate surface area is 124 Å². The molecular formula is C17H18N2O2. The summed E-state index contributed by atoms with van der Waals surface area (Å²) in [5.41, 5.74) is 2.67. The number of rotatable bonds is 1. The minimum Gasteiger partial charge on any atom is -0.272 e. The fourth-order valence-corrected chi connectivity index (χ4v) is 3.11. The van der Waals surface area contributed by atoms with Gasteiger partial charge < -0.3 is 0 Å². The van der Waals surface area contributed by atoms with Gasteiger partial charge in [-0.2, -0.15) is 0 Å². The molecule has 2 amide bonds. The number of carbonyl (C=O) groups is 2. The van der Waals surface area contributed by atoms with E-state index in [2.05, 4.69) is 11.8 Å². The molecule has 0 aliphatic carbocycles. The molecule has 2 aliphatic heterocycles. The van der Waals surface area contributed by atoms with Crippen molar-refractivity contribution in [1.82, 2.24) is 10.0 Å². The smallest absolute Gasteiger partial charge is 0.258 e. The minimum absolute atomic E-state index is 0.0860. The van der Waals surface area contributed by atoms with E-state index < -0.39 is 5.92 Å². The highest BCUT2D eigenvalue weighted by Gasteiger charge is 2.47. The Morgan fingerprint density at radius 2 is 1.71 bits per heavy atom.